The number of carbonyl (C=O) groups is 1. The number of hydrogen-bond acceptors (Lipinski definition) is 5. The molecule has 0 aliphatic carbocycles. The standard InChI is InChI=1S/C11H10ClN5O/c1-13-10-6-14-5-8(16-10)11(18)17-9-3-2-7(12)4-15-9/h2-6H,1H3,(H,13,16)(H,15,17,18). The van der Waals surface area contributed by atoms with Crippen LogP contribution in [0.2, 0.25) is 5.02 Å². The van der Waals surface area contributed by atoms with Crippen molar-refractivity contribution in [2.75, 3.05) is 17.7 Å². The Balaban J connectivity index is 2.14. The summed E-state index contributed by atoms with van der Waals surface area (Å²) in [7, 11) is 1.70. The van der Waals surface area contributed by atoms with Crippen LogP contribution < -0.4 is 10.6 Å². The fourth-order valence-electron chi connectivity index (χ4n) is 1.23. The molecule has 0 aliphatic heterocycles. The van der Waals surface area contributed by atoms with Crippen LogP contribution in [-0.2, 0) is 0 Å². The van der Waals surface area contributed by atoms with E-state index in [4.69, 9.17) is 11.6 Å². The number of halogens is 1. The first-order valence-electron chi connectivity index (χ1n) is 5.12. The summed E-state index contributed by atoms with van der Waals surface area (Å²) >= 11 is 5.70. The highest BCUT2D eigenvalue weighted by atomic mass is 35.5. The first-order chi connectivity index (χ1) is 8.69. The Bertz CT molecular complexity index is 558. The number of hydrogen-bond donors (Lipinski definition) is 2. The van der Waals surface area contributed by atoms with Crippen LogP contribution >= 0.6 is 11.6 Å². The molecule has 0 aromatic carbocycles. The highest BCUT2D eigenvalue weighted by Crippen LogP contribution is 2.10. The molecule has 92 valence electrons. The van der Waals surface area contributed by atoms with E-state index in [0.29, 0.717) is 16.7 Å². The molecule has 0 radical (unpaired) electrons. The fraction of sp³-hybridized carbons (Fsp3) is 0.0909. The van der Waals surface area contributed by atoms with E-state index < -0.39 is 0 Å². The second-order valence-electron chi connectivity index (χ2n) is 3.36. The highest BCUT2D eigenvalue weighted by Gasteiger charge is 2.09. The lowest BCUT2D eigenvalue weighted by molar-refractivity contribution is 0.102. The van der Waals surface area contributed by atoms with Gasteiger partial charge in [0.25, 0.3) is 5.91 Å². The molecule has 2 aromatic rings. The molecule has 0 saturated heterocycles. The lowest BCUT2D eigenvalue weighted by Crippen LogP contribution is -2.15. The molecule has 0 aliphatic rings. The molecule has 2 heterocycles. The van der Waals surface area contributed by atoms with E-state index in [1.807, 2.05) is 0 Å². The first kappa shape index (κ1) is 12.3. The second-order valence-corrected chi connectivity index (χ2v) is 3.79. The van der Waals surface area contributed by atoms with Crippen LogP contribution in [0, 0.1) is 0 Å². The lowest BCUT2D eigenvalue weighted by Gasteiger charge is -2.04. The van der Waals surface area contributed by atoms with Crippen molar-refractivity contribution in [1.82, 2.24) is 15.0 Å². The maximum atomic E-state index is 11.9. The first-order valence-corrected chi connectivity index (χ1v) is 5.49. The molecule has 6 nitrogen and oxygen atoms in total. The topological polar surface area (TPSA) is 79.8 Å². The minimum atomic E-state index is -0.380. The molecule has 1 amide bonds. The van der Waals surface area contributed by atoms with Crippen LogP contribution in [0.3, 0.4) is 0 Å². The van der Waals surface area contributed by atoms with Gasteiger partial charge >= 0.3 is 0 Å². The van der Waals surface area contributed by atoms with Gasteiger partial charge in [-0.25, -0.2) is 9.97 Å². The summed E-state index contributed by atoms with van der Waals surface area (Å²) in [6.45, 7) is 0. The molecule has 0 unspecified atom stereocenters. The van der Waals surface area contributed by atoms with Crippen molar-refractivity contribution in [3.8, 4) is 0 Å². The average Bonchev–Trinajstić information content (AvgIpc) is 2.41. The summed E-state index contributed by atoms with van der Waals surface area (Å²) in [5.41, 5.74) is 0.207. The van der Waals surface area contributed by atoms with E-state index in [9.17, 15) is 4.79 Å². The monoisotopic (exact) mass is 263 g/mol. The largest absolute Gasteiger partial charge is 0.372 e. The average molecular weight is 264 g/mol. The van der Waals surface area contributed by atoms with Crippen molar-refractivity contribution >= 4 is 29.1 Å². The van der Waals surface area contributed by atoms with Crippen molar-refractivity contribution in [1.29, 1.82) is 0 Å². The van der Waals surface area contributed by atoms with E-state index in [1.54, 1.807) is 19.2 Å². The Labute approximate surface area is 108 Å². The quantitative estimate of drug-likeness (QED) is 0.883. The van der Waals surface area contributed by atoms with Gasteiger partial charge in [0.2, 0.25) is 0 Å². The van der Waals surface area contributed by atoms with Gasteiger partial charge in [0.05, 0.1) is 17.4 Å². The number of aromatic nitrogens is 3. The third-order valence-corrected chi connectivity index (χ3v) is 2.32. The molecule has 0 spiro atoms. The van der Waals surface area contributed by atoms with Crippen LogP contribution in [0.4, 0.5) is 11.6 Å². The molecule has 0 atom stereocenters. The maximum absolute atomic E-state index is 11.9. The van der Waals surface area contributed by atoms with Gasteiger partial charge in [-0.15, -0.1) is 0 Å². The summed E-state index contributed by atoms with van der Waals surface area (Å²) in [5.74, 6) is 0.544. The second kappa shape index (κ2) is 5.42. The summed E-state index contributed by atoms with van der Waals surface area (Å²) in [6, 6.07) is 3.25. The molecule has 2 N–H and O–H groups in total. The molecule has 18 heavy (non-hydrogen) atoms. The Morgan fingerprint density at radius 1 is 1.22 bits per heavy atom. The number of pyridine rings is 1. The van der Waals surface area contributed by atoms with E-state index >= 15 is 0 Å². The highest BCUT2D eigenvalue weighted by molar-refractivity contribution is 6.30. The number of nitrogens with zero attached hydrogens (tertiary/aromatic N) is 3. The van der Waals surface area contributed by atoms with Gasteiger partial charge in [-0.3, -0.25) is 9.78 Å². The number of anilines is 2. The summed E-state index contributed by atoms with van der Waals surface area (Å²) in [5, 5.41) is 5.91. The van der Waals surface area contributed by atoms with Crippen LogP contribution in [0.25, 0.3) is 0 Å². The summed E-state index contributed by atoms with van der Waals surface area (Å²) < 4.78 is 0. The number of amides is 1. The zero-order valence-corrected chi connectivity index (χ0v) is 10.3. The Hall–Kier alpha value is -2.21. The molecular weight excluding hydrogens is 254 g/mol. The summed E-state index contributed by atoms with van der Waals surface area (Å²) in [4.78, 5) is 23.8. The lowest BCUT2D eigenvalue weighted by atomic mass is 10.4. The van der Waals surface area contributed by atoms with E-state index in [0.717, 1.165) is 0 Å². The SMILES string of the molecule is CNc1cncc(C(=O)Nc2ccc(Cl)cn2)n1. The van der Waals surface area contributed by atoms with Crippen molar-refractivity contribution in [2.24, 2.45) is 0 Å². The molecule has 2 aromatic heterocycles. The van der Waals surface area contributed by atoms with Crippen LogP contribution in [0.5, 0.6) is 0 Å². The minimum Gasteiger partial charge on any atom is -0.372 e. The van der Waals surface area contributed by atoms with Gasteiger partial charge < -0.3 is 10.6 Å². The third-order valence-electron chi connectivity index (χ3n) is 2.09. The van der Waals surface area contributed by atoms with Gasteiger partial charge in [0.1, 0.15) is 17.3 Å². The summed E-state index contributed by atoms with van der Waals surface area (Å²) in [6.07, 6.45) is 4.36. The number of nitrogens with one attached hydrogen (secondary N) is 2. The molecule has 7 heteroatoms. The Morgan fingerprint density at radius 3 is 2.72 bits per heavy atom. The molecule has 0 bridgehead atoms. The van der Waals surface area contributed by atoms with Gasteiger partial charge in [0.15, 0.2) is 0 Å². The van der Waals surface area contributed by atoms with E-state index in [-0.39, 0.29) is 11.6 Å². The normalized spacial score (nSPS) is 9.89. The predicted octanol–water partition coefficient (Wildman–Crippen LogP) is 1.82. The third kappa shape index (κ3) is 2.92. The van der Waals surface area contributed by atoms with Crippen LogP contribution in [0.15, 0.2) is 30.7 Å². The van der Waals surface area contributed by atoms with Crippen molar-refractivity contribution in [3.05, 3.63) is 41.4 Å². The molecule has 0 saturated carbocycles. The van der Waals surface area contributed by atoms with E-state index in [1.165, 1.54) is 18.6 Å². The smallest absolute Gasteiger partial charge is 0.277 e. The maximum Gasteiger partial charge on any atom is 0.277 e. The zero-order valence-electron chi connectivity index (χ0n) is 9.51. The van der Waals surface area contributed by atoms with E-state index in [2.05, 4.69) is 25.6 Å². The van der Waals surface area contributed by atoms with Crippen molar-refractivity contribution < 1.29 is 4.79 Å². The van der Waals surface area contributed by atoms with Gasteiger partial charge in [-0.1, -0.05) is 11.6 Å². The fourth-order valence-corrected chi connectivity index (χ4v) is 1.34. The number of carbonyl (C=O) groups excluding carboxylic acids is 1. The Kier molecular flexibility index (Phi) is 3.69. The van der Waals surface area contributed by atoms with Gasteiger partial charge in [0, 0.05) is 13.2 Å². The number of rotatable bonds is 3. The van der Waals surface area contributed by atoms with Gasteiger partial charge in [-0.05, 0) is 12.1 Å². The molecule has 2 rings (SSSR count). The molecule has 0 fully saturated rings. The Morgan fingerprint density at radius 2 is 2.06 bits per heavy atom. The minimum absolute atomic E-state index is 0.207. The van der Waals surface area contributed by atoms with Crippen LogP contribution in [0.1, 0.15) is 10.5 Å². The van der Waals surface area contributed by atoms with Crippen molar-refractivity contribution in [3.63, 3.8) is 0 Å². The predicted molar refractivity (Wildman–Crippen MR) is 68.8 cm³/mol. The zero-order chi connectivity index (χ0) is 13.0. The van der Waals surface area contributed by atoms with Crippen LogP contribution in [-0.4, -0.2) is 27.9 Å². The van der Waals surface area contributed by atoms with Crippen molar-refractivity contribution in [2.45, 2.75) is 0 Å². The molecular formula is C11H10ClN5O. The van der Waals surface area contributed by atoms with Gasteiger partial charge in [-0.2, -0.15) is 0 Å².